The molecule has 0 unspecified atom stereocenters. The summed E-state index contributed by atoms with van der Waals surface area (Å²) < 4.78 is 36.2. The number of halogens is 3. The number of fused-ring (bicyclic) bond motifs is 1. The van der Waals surface area contributed by atoms with Gasteiger partial charge in [-0.25, -0.2) is 13.8 Å². The second kappa shape index (κ2) is 9.37. The molecule has 2 aromatic carbocycles. The Bertz CT molecular complexity index is 1480. The molecule has 0 bridgehead atoms. The Morgan fingerprint density at radius 1 is 1.15 bits per heavy atom. The zero-order valence-corrected chi connectivity index (χ0v) is 20.2. The highest BCUT2D eigenvalue weighted by Gasteiger charge is 2.18. The fourth-order valence-electron chi connectivity index (χ4n) is 3.67. The molecule has 2 N–H and O–H groups in total. The lowest BCUT2D eigenvalue weighted by Crippen LogP contribution is -2.11. The fraction of sp³-hybridized carbons (Fsp3) is 0.125. The van der Waals surface area contributed by atoms with E-state index in [0.717, 1.165) is 43.9 Å². The van der Waals surface area contributed by atoms with Crippen molar-refractivity contribution in [2.45, 2.75) is 13.5 Å². The number of nitrogens with one attached hydrogen (secondary N) is 2. The Kier molecular flexibility index (Phi) is 6.14. The highest BCUT2D eigenvalue weighted by molar-refractivity contribution is 14.1. The molecule has 0 aliphatic heterocycles. The first-order valence-electron chi connectivity index (χ1n) is 10.5. The van der Waals surface area contributed by atoms with Crippen LogP contribution in [0.4, 0.5) is 14.5 Å². The van der Waals surface area contributed by atoms with Crippen molar-refractivity contribution in [3.63, 3.8) is 0 Å². The van der Waals surface area contributed by atoms with Gasteiger partial charge in [-0.3, -0.25) is 5.10 Å². The highest BCUT2D eigenvalue weighted by atomic mass is 127. The van der Waals surface area contributed by atoms with Gasteiger partial charge in [0.05, 0.1) is 11.1 Å². The number of hydrogen-bond acceptors (Lipinski definition) is 5. The molecule has 0 aliphatic carbocycles. The molecule has 0 spiro atoms. The van der Waals surface area contributed by atoms with Crippen molar-refractivity contribution in [2.24, 2.45) is 0 Å². The third-order valence-electron chi connectivity index (χ3n) is 5.34. The first-order valence-corrected chi connectivity index (χ1v) is 11.6. The Morgan fingerprint density at radius 3 is 2.76 bits per heavy atom. The number of nitrogens with zero attached hydrogens (tertiary/aromatic N) is 4. The Hall–Kier alpha value is -3.54. The maximum Gasteiger partial charge on any atom is 0.223 e. The van der Waals surface area contributed by atoms with Crippen LogP contribution in [-0.2, 0) is 6.54 Å². The van der Waals surface area contributed by atoms with Crippen LogP contribution in [0.3, 0.4) is 0 Å². The first kappa shape index (κ1) is 22.3. The lowest BCUT2D eigenvalue weighted by molar-refractivity contribution is 0.425. The van der Waals surface area contributed by atoms with Gasteiger partial charge < -0.3 is 14.6 Å². The summed E-state index contributed by atoms with van der Waals surface area (Å²) in [6.07, 6.45) is 3.68. The number of aromatic nitrogens is 5. The Balaban J connectivity index is 1.54. The SMILES string of the molecule is Cc1nccn1CCNc1cc(Oc2ccc(F)cc2F)nc2[nH]nc(-c3ccccc3I)c12. The minimum atomic E-state index is -0.809. The summed E-state index contributed by atoms with van der Waals surface area (Å²) >= 11 is 2.27. The number of imidazole rings is 1. The van der Waals surface area contributed by atoms with Crippen molar-refractivity contribution in [3.05, 3.63) is 82.0 Å². The van der Waals surface area contributed by atoms with E-state index in [0.29, 0.717) is 18.7 Å². The van der Waals surface area contributed by atoms with E-state index in [1.165, 1.54) is 6.07 Å². The van der Waals surface area contributed by atoms with Gasteiger partial charge in [0.2, 0.25) is 5.88 Å². The van der Waals surface area contributed by atoms with Crippen LogP contribution in [0.5, 0.6) is 11.6 Å². The van der Waals surface area contributed by atoms with Crippen LogP contribution in [0.2, 0.25) is 0 Å². The number of aryl methyl sites for hydroxylation is 1. The van der Waals surface area contributed by atoms with E-state index in [9.17, 15) is 8.78 Å². The fourth-order valence-corrected chi connectivity index (χ4v) is 4.31. The maximum atomic E-state index is 14.2. The highest BCUT2D eigenvalue weighted by Crippen LogP contribution is 2.36. The van der Waals surface area contributed by atoms with Gasteiger partial charge in [-0.1, -0.05) is 18.2 Å². The first-order chi connectivity index (χ1) is 16.5. The minimum absolute atomic E-state index is 0.120. The zero-order valence-electron chi connectivity index (χ0n) is 18.0. The molecule has 5 rings (SSSR count). The molecular weight excluding hydrogens is 553 g/mol. The van der Waals surface area contributed by atoms with E-state index in [1.54, 1.807) is 12.3 Å². The number of rotatable bonds is 7. The maximum absolute atomic E-state index is 14.2. The summed E-state index contributed by atoms with van der Waals surface area (Å²) in [7, 11) is 0. The summed E-state index contributed by atoms with van der Waals surface area (Å²) in [5, 5.41) is 11.7. The van der Waals surface area contributed by atoms with Crippen LogP contribution in [0.25, 0.3) is 22.3 Å². The lowest BCUT2D eigenvalue weighted by atomic mass is 10.1. The molecule has 0 aliphatic rings. The molecule has 34 heavy (non-hydrogen) atoms. The molecule has 0 atom stereocenters. The van der Waals surface area contributed by atoms with Crippen LogP contribution in [0.1, 0.15) is 5.82 Å². The van der Waals surface area contributed by atoms with Crippen LogP contribution < -0.4 is 10.1 Å². The quantitative estimate of drug-likeness (QED) is 0.237. The molecule has 5 aromatic rings. The second-order valence-corrected chi connectivity index (χ2v) is 8.72. The molecule has 0 saturated carbocycles. The molecule has 7 nitrogen and oxygen atoms in total. The topological polar surface area (TPSA) is 80.6 Å². The summed E-state index contributed by atoms with van der Waals surface area (Å²) in [5.41, 5.74) is 2.91. The van der Waals surface area contributed by atoms with Gasteiger partial charge in [0.1, 0.15) is 17.3 Å². The van der Waals surface area contributed by atoms with Crippen LogP contribution in [0, 0.1) is 22.1 Å². The second-order valence-electron chi connectivity index (χ2n) is 7.56. The monoisotopic (exact) mass is 572 g/mol. The molecule has 0 fully saturated rings. The van der Waals surface area contributed by atoms with Gasteiger partial charge in [-0.15, -0.1) is 0 Å². The van der Waals surface area contributed by atoms with Crippen molar-refractivity contribution in [1.82, 2.24) is 24.7 Å². The summed E-state index contributed by atoms with van der Waals surface area (Å²) in [5.74, 6) is -0.541. The van der Waals surface area contributed by atoms with Crippen LogP contribution in [0.15, 0.2) is 60.9 Å². The predicted molar refractivity (Wildman–Crippen MR) is 134 cm³/mol. The van der Waals surface area contributed by atoms with E-state index in [1.807, 2.05) is 42.0 Å². The molecule has 3 aromatic heterocycles. The van der Waals surface area contributed by atoms with Crippen molar-refractivity contribution >= 4 is 39.3 Å². The molecule has 3 heterocycles. The largest absolute Gasteiger partial charge is 0.436 e. The lowest BCUT2D eigenvalue weighted by Gasteiger charge is -2.13. The number of benzene rings is 2. The summed E-state index contributed by atoms with van der Waals surface area (Å²) in [6.45, 7) is 3.23. The third-order valence-corrected chi connectivity index (χ3v) is 6.28. The Morgan fingerprint density at radius 2 is 2.00 bits per heavy atom. The molecule has 0 amide bonds. The van der Waals surface area contributed by atoms with Gasteiger partial charge >= 0.3 is 0 Å². The van der Waals surface area contributed by atoms with E-state index in [4.69, 9.17) is 4.74 Å². The molecule has 172 valence electrons. The van der Waals surface area contributed by atoms with Gasteiger partial charge in [0.25, 0.3) is 0 Å². The van der Waals surface area contributed by atoms with E-state index in [-0.39, 0.29) is 11.6 Å². The standard InChI is InChI=1S/C24H19F2IN6O/c1-14-28-8-10-33(14)11-9-29-19-13-21(34-20-7-6-15(25)12-17(20)26)30-24-22(19)23(31-32-24)16-4-2-3-5-18(16)27/h2-8,10,12-13H,9,11H2,1H3,(H2,29,30,31,32). The van der Waals surface area contributed by atoms with Gasteiger partial charge in [0.15, 0.2) is 17.2 Å². The minimum Gasteiger partial charge on any atom is -0.436 e. The van der Waals surface area contributed by atoms with Crippen molar-refractivity contribution in [1.29, 1.82) is 0 Å². The zero-order chi connectivity index (χ0) is 23.7. The summed E-state index contributed by atoms with van der Waals surface area (Å²) in [4.78, 5) is 8.73. The molecule has 0 saturated heterocycles. The third kappa shape index (κ3) is 4.45. The normalized spacial score (nSPS) is 11.2. The van der Waals surface area contributed by atoms with Crippen molar-refractivity contribution < 1.29 is 13.5 Å². The number of aromatic amines is 1. The average molecular weight is 572 g/mol. The van der Waals surface area contributed by atoms with Gasteiger partial charge in [-0.05, 0) is 47.7 Å². The van der Waals surface area contributed by atoms with E-state index < -0.39 is 11.6 Å². The summed E-state index contributed by atoms with van der Waals surface area (Å²) in [6, 6.07) is 12.8. The number of ether oxygens (including phenoxy) is 1. The molecular formula is C24H19F2IN6O. The molecule has 10 heteroatoms. The Labute approximate surface area is 207 Å². The van der Waals surface area contributed by atoms with E-state index in [2.05, 4.69) is 48.1 Å². The van der Waals surface area contributed by atoms with Crippen molar-refractivity contribution in [2.75, 3.05) is 11.9 Å². The number of pyridine rings is 1. The van der Waals surface area contributed by atoms with Crippen LogP contribution in [-0.4, -0.2) is 31.3 Å². The van der Waals surface area contributed by atoms with Crippen molar-refractivity contribution in [3.8, 4) is 22.9 Å². The molecule has 0 radical (unpaired) electrons. The predicted octanol–water partition coefficient (Wildman–Crippen LogP) is 5.92. The van der Waals surface area contributed by atoms with E-state index >= 15 is 0 Å². The smallest absolute Gasteiger partial charge is 0.223 e. The number of hydrogen-bond donors (Lipinski definition) is 2. The van der Waals surface area contributed by atoms with Gasteiger partial charge in [-0.2, -0.15) is 10.1 Å². The number of H-pyrrole nitrogens is 1. The number of anilines is 1. The average Bonchev–Trinajstić information content (AvgIpc) is 3.42. The van der Waals surface area contributed by atoms with Crippen LogP contribution >= 0.6 is 22.6 Å². The van der Waals surface area contributed by atoms with Gasteiger partial charge in [0, 0.05) is 46.7 Å².